The van der Waals surface area contributed by atoms with Gasteiger partial charge >= 0.3 is 5.16 Å². The van der Waals surface area contributed by atoms with E-state index in [0.717, 1.165) is 15.1 Å². The highest BCUT2D eigenvalue weighted by molar-refractivity contribution is 7.93. The number of nitrogens with zero attached hydrogens (tertiary/aromatic N) is 4. The molecule has 1 unspecified atom stereocenters. The molecule has 1 aromatic carbocycles. The van der Waals surface area contributed by atoms with Crippen LogP contribution in [0, 0.1) is 13.8 Å². The summed E-state index contributed by atoms with van der Waals surface area (Å²) in [5.74, 6) is 1.12. The van der Waals surface area contributed by atoms with Crippen LogP contribution in [0.3, 0.4) is 0 Å². The van der Waals surface area contributed by atoms with Crippen LogP contribution < -0.4 is 9.47 Å². The minimum absolute atomic E-state index is 0.0362. The summed E-state index contributed by atoms with van der Waals surface area (Å²) in [5.41, 5.74) is 2.75. The van der Waals surface area contributed by atoms with E-state index in [2.05, 4.69) is 15.0 Å². The summed E-state index contributed by atoms with van der Waals surface area (Å²) >= 11 is -1.84. The molecule has 0 fully saturated rings. The van der Waals surface area contributed by atoms with Gasteiger partial charge < -0.3 is 14.0 Å². The molecule has 4 aromatic rings. The highest BCUT2D eigenvalue weighted by atomic mass is 32.2. The van der Waals surface area contributed by atoms with Crippen molar-refractivity contribution >= 4 is 32.2 Å². The van der Waals surface area contributed by atoms with Crippen LogP contribution in [0.25, 0.3) is 11.0 Å². The second kappa shape index (κ2) is 9.00. The Bertz CT molecular complexity index is 1420. The highest BCUT2D eigenvalue weighted by Gasteiger charge is 2.32. The number of aromatic nitrogens is 4. The number of imidazole rings is 1. The second-order valence-electron chi connectivity index (χ2n) is 7.24. The van der Waals surface area contributed by atoms with Crippen LogP contribution in [0.2, 0.25) is 0 Å². The first kappa shape index (κ1) is 23.0. The maximum absolute atomic E-state index is 13.5. The van der Waals surface area contributed by atoms with Gasteiger partial charge in [0.25, 0.3) is 10.0 Å². The molecule has 0 radical (unpaired) electrons. The van der Waals surface area contributed by atoms with Crippen molar-refractivity contribution < 1.29 is 22.4 Å². The monoisotopic (exact) mass is 486 g/mol. The average Bonchev–Trinajstić information content (AvgIpc) is 3.21. The molecule has 0 saturated carbocycles. The lowest BCUT2D eigenvalue weighted by atomic mass is 10.1. The van der Waals surface area contributed by atoms with Gasteiger partial charge in [-0.25, -0.2) is 8.42 Å². The summed E-state index contributed by atoms with van der Waals surface area (Å²) in [5, 5.41) is -0.108. The van der Waals surface area contributed by atoms with Crippen LogP contribution in [-0.2, 0) is 27.0 Å². The Kier molecular flexibility index (Phi) is 6.28. The summed E-state index contributed by atoms with van der Waals surface area (Å²) in [6.45, 7) is 3.69. The van der Waals surface area contributed by atoms with E-state index in [1.165, 1.54) is 31.6 Å². The molecule has 1 atom stereocenters. The molecule has 3 aromatic heterocycles. The van der Waals surface area contributed by atoms with Crippen molar-refractivity contribution in [2.75, 3.05) is 14.2 Å². The standard InChI is InChI=1S/C22H22N4O5S2/c1-14-11-24-19(15(2)21(14)31-4)13-32(27)22-25-18-10-16(30-3)7-8-20(18)26(22)33(28,29)17-6-5-9-23-12-17/h5-12H,13H2,1-4H3. The molecule has 0 aliphatic rings. The van der Waals surface area contributed by atoms with Gasteiger partial charge in [-0.1, -0.05) is 0 Å². The van der Waals surface area contributed by atoms with Gasteiger partial charge in [-0.2, -0.15) is 8.96 Å². The van der Waals surface area contributed by atoms with E-state index >= 15 is 0 Å². The van der Waals surface area contributed by atoms with Crippen molar-refractivity contribution in [3.05, 3.63) is 65.7 Å². The molecule has 3 heterocycles. The normalized spacial score (nSPS) is 12.6. The van der Waals surface area contributed by atoms with Gasteiger partial charge in [0, 0.05) is 47.0 Å². The molecule has 11 heteroatoms. The molecular weight excluding hydrogens is 464 g/mol. The Balaban J connectivity index is 1.88. The number of benzene rings is 1. The van der Waals surface area contributed by atoms with Gasteiger partial charge in [-0.3, -0.25) is 9.97 Å². The van der Waals surface area contributed by atoms with Crippen LogP contribution in [0.4, 0.5) is 0 Å². The van der Waals surface area contributed by atoms with E-state index in [-0.39, 0.29) is 21.3 Å². The second-order valence-corrected chi connectivity index (χ2v) is 10.4. The van der Waals surface area contributed by atoms with E-state index in [9.17, 15) is 13.0 Å². The maximum Gasteiger partial charge on any atom is 0.338 e. The number of fused-ring (bicyclic) bond motifs is 1. The number of hydrogen-bond acceptors (Lipinski definition) is 8. The van der Waals surface area contributed by atoms with E-state index in [1.807, 2.05) is 13.8 Å². The van der Waals surface area contributed by atoms with E-state index in [1.54, 1.807) is 31.5 Å². The topological polar surface area (TPSA) is 119 Å². The number of hydrogen-bond donors (Lipinski definition) is 0. The molecule has 172 valence electrons. The minimum Gasteiger partial charge on any atom is -0.609 e. The van der Waals surface area contributed by atoms with E-state index in [0.29, 0.717) is 22.7 Å². The van der Waals surface area contributed by atoms with Gasteiger partial charge in [0.2, 0.25) is 0 Å². The summed E-state index contributed by atoms with van der Waals surface area (Å²) in [6, 6.07) is 7.76. The Morgan fingerprint density at radius 2 is 1.91 bits per heavy atom. The first-order valence-electron chi connectivity index (χ1n) is 9.87. The predicted molar refractivity (Wildman–Crippen MR) is 123 cm³/mol. The van der Waals surface area contributed by atoms with Crippen molar-refractivity contribution in [3.8, 4) is 11.5 Å². The minimum atomic E-state index is -4.13. The first-order chi connectivity index (χ1) is 15.8. The Morgan fingerprint density at radius 1 is 1.12 bits per heavy atom. The molecule has 0 aliphatic heterocycles. The zero-order chi connectivity index (χ0) is 23.8. The third-order valence-corrected chi connectivity index (χ3v) is 8.20. The molecule has 0 N–H and O–H groups in total. The number of ether oxygens (including phenoxy) is 2. The Hall–Kier alpha value is -3.15. The smallest absolute Gasteiger partial charge is 0.338 e. The fraction of sp³-hybridized carbons (Fsp3) is 0.227. The third kappa shape index (κ3) is 4.14. The molecule has 0 spiro atoms. The van der Waals surface area contributed by atoms with Gasteiger partial charge in [-0.15, -0.1) is 0 Å². The average molecular weight is 487 g/mol. The quantitative estimate of drug-likeness (QED) is 0.366. The number of pyridine rings is 2. The SMILES string of the molecule is COc1ccc2c(c1)nc([S+]([O-])Cc1ncc(C)c(OC)c1C)n2S(=O)(=O)c1cccnc1. The molecule has 9 nitrogen and oxygen atoms in total. The largest absolute Gasteiger partial charge is 0.609 e. The fourth-order valence-electron chi connectivity index (χ4n) is 3.53. The summed E-state index contributed by atoms with van der Waals surface area (Å²) in [6.07, 6.45) is 4.36. The lowest BCUT2D eigenvalue weighted by Gasteiger charge is -2.15. The van der Waals surface area contributed by atoms with Crippen molar-refractivity contribution in [3.63, 3.8) is 0 Å². The van der Waals surface area contributed by atoms with Gasteiger partial charge in [0.1, 0.15) is 16.4 Å². The van der Waals surface area contributed by atoms with Crippen LogP contribution in [0.5, 0.6) is 11.5 Å². The van der Waals surface area contributed by atoms with Crippen LogP contribution in [-0.4, -0.2) is 46.1 Å². The summed E-state index contributed by atoms with van der Waals surface area (Å²) in [7, 11) is -1.07. The fourth-order valence-corrected chi connectivity index (χ4v) is 6.54. The maximum atomic E-state index is 13.5. The lowest BCUT2D eigenvalue weighted by molar-refractivity contribution is 0.407. The zero-order valence-corrected chi connectivity index (χ0v) is 20.1. The van der Waals surface area contributed by atoms with Gasteiger partial charge in [0.05, 0.1) is 30.9 Å². The van der Waals surface area contributed by atoms with E-state index in [4.69, 9.17) is 9.47 Å². The summed E-state index contributed by atoms with van der Waals surface area (Å²) in [4.78, 5) is 12.7. The van der Waals surface area contributed by atoms with Crippen molar-refractivity contribution in [1.29, 1.82) is 0 Å². The van der Waals surface area contributed by atoms with Crippen LogP contribution >= 0.6 is 0 Å². The Morgan fingerprint density at radius 3 is 2.58 bits per heavy atom. The first-order valence-corrected chi connectivity index (χ1v) is 12.6. The van der Waals surface area contributed by atoms with Crippen molar-refractivity contribution in [2.24, 2.45) is 0 Å². The van der Waals surface area contributed by atoms with Crippen molar-refractivity contribution in [1.82, 2.24) is 18.9 Å². The Labute approximate surface area is 194 Å². The molecular formula is C22H22N4O5S2. The van der Waals surface area contributed by atoms with Crippen LogP contribution in [0.15, 0.2) is 59.0 Å². The highest BCUT2D eigenvalue weighted by Crippen LogP contribution is 2.31. The summed E-state index contributed by atoms with van der Waals surface area (Å²) < 4.78 is 52.3. The molecule has 33 heavy (non-hydrogen) atoms. The molecule has 0 aliphatic carbocycles. The number of methoxy groups -OCH3 is 2. The molecule has 0 bridgehead atoms. The molecule has 0 amide bonds. The van der Waals surface area contributed by atoms with Gasteiger partial charge in [-0.05, 0) is 38.1 Å². The third-order valence-electron chi connectivity index (χ3n) is 5.19. The predicted octanol–water partition coefficient (Wildman–Crippen LogP) is 3.01. The molecule has 0 saturated heterocycles. The number of aryl methyl sites for hydroxylation is 1. The number of rotatable bonds is 7. The molecule has 4 rings (SSSR count). The van der Waals surface area contributed by atoms with Crippen molar-refractivity contribution in [2.45, 2.75) is 29.7 Å². The van der Waals surface area contributed by atoms with E-state index < -0.39 is 21.2 Å². The van der Waals surface area contributed by atoms with Crippen LogP contribution in [0.1, 0.15) is 16.8 Å². The van der Waals surface area contributed by atoms with Gasteiger partial charge in [0.15, 0.2) is 5.75 Å². The zero-order valence-electron chi connectivity index (χ0n) is 18.5. The lowest BCUT2D eigenvalue weighted by Crippen LogP contribution is -2.21.